The molecule has 2 atom stereocenters. The zero-order valence-corrected chi connectivity index (χ0v) is 18.8. The van der Waals surface area contributed by atoms with Crippen molar-refractivity contribution >= 4 is 40.2 Å². The van der Waals surface area contributed by atoms with Crippen molar-refractivity contribution in [1.29, 1.82) is 0 Å². The Kier molecular flexibility index (Phi) is 8.31. The third-order valence-corrected chi connectivity index (χ3v) is 5.67. The van der Waals surface area contributed by atoms with Gasteiger partial charge in [-0.25, -0.2) is 10.3 Å². The number of nitrogens with one attached hydrogen (secondary N) is 2. The van der Waals surface area contributed by atoms with Gasteiger partial charge in [-0.15, -0.1) is 11.8 Å². The first-order valence-corrected chi connectivity index (χ1v) is 11.2. The van der Waals surface area contributed by atoms with Crippen LogP contribution in [0.1, 0.15) is 11.7 Å². The Morgan fingerprint density at radius 1 is 1.03 bits per heavy atom. The summed E-state index contributed by atoms with van der Waals surface area (Å²) in [6, 6.07) is 17.5. The van der Waals surface area contributed by atoms with Crippen molar-refractivity contribution in [3.05, 3.63) is 78.4 Å². The summed E-state index contributed by atoms with van der Waals surface area (Å²) in [5, 5.41) is 22.9. The molecule has 3 rings (SSSR count). The number of thioether (sulfide) groups is 1. The molecule has 0 aliphatic heterocycles. The van der Waals surface area contributed by atoms with Crippen LogP contribution in [0.2, 0.25) is 0 Å². The van der Waals surface area contributed by atoms with Gasteiger partial charge in [0.2, 0.25) is 0 Å². The maximum absolute atomic E-state index is 12.8. The number of methoxy groups -OCH3 is 1. The van der Waals surface area contributed by atoms with Gasteiger partial charge in [0.15, 0.2) is 6.10 Å². The van der Waals surface area contributed by atoms with Gasteiger partial charge in [-0.05, 0) is 48.0 Å². The minimum atomic E-state index is -0.978. The van der Waals surface area contributed by atoms with Crippen molar-refractivity contribution in [2.45, 2.75) is 17.1 Å². The molecule has 3 aromatic rings. The normalized spacial score (nSPS) is 12.9. The van der Waals surface area contributed by atoms with Crippen molar-refractivity contribution in [2.24, 2.45) is 0 Å². The number of aromatic hydroxyl groups is 1. The van der Waals surface area contributed by atoms with E-state index >= 15 is 0 Å². The molecular formula is C24H24N2O6S. The van der Waals surface area contributed by atoms with Gasteiger partial charge in [0.25, 0.3) is 5.91 Å². The van der Waals surface area contributed by atoms with Crippen LogP contribution in [0.5, 0.6) is 5.75 Å². The van der Waals surface area contributed by atoms with Crippen LogP contribution in [0.4, 0.5) is 10.5 Å². The number of ether oxygens (including phenoxy) is 2. The van der Waals surface area contributed by atoms with E-state index in [-0.39, 0.29) is 5.75 Å². The maximum Gasteiger partial charge on any atom is 0.412 e. The minimum absolute atomic E-state index is 0.0793. The van der Waals surface area contributed by atoms with Gasteiger partial charge in [0.1, 0.15) is 11.9 Å². The first kappa shape index (κ1) is 24.1. The fraction of sp³-hybridized carbons (Fsp3) is 0.167. The number of hydrogen-bond donors (Lipinski definition) is 4. The van der Waals surface area contributed by atoms with Crippen LogP contribution in [-0.2, 0) is 14.3 Å². The van der Waals surface area contributed by atoms with Crippen molar-refractivity contribution in [3.8, 4) is 5.75 Å². The topological polar surface area (TPSA) is 117 Å². The SMILES string of the molecule is CO[C@H](/C=C/C(=O)NO)[C@H](OC(=O)Nc1ccc(SC)cc1)c1ccc(O)c2ccccc12. The zero-order valence-electron chi connectivity index (χ0n) is 18.0. The number of hydroxylamine groups is 1. The third kappa shape index (κ3) is 6.04. The molecule has 0 saturated heterocycles. The van der Waals surface area contributed by atoms with Crippen molar-refractivity contribution < 1.29 is 29.4 Å². The number of amides is 2. The van der Waals surface area contributed by atoms with E-state index in [9.17, 15) is 14.7 Å². The first-order valence-electron chi connectivity index (χ1n) is 9.94. The van der Waals surface area contributed by atoms with Gasteiger partial charge in [-0.1, -0.05) is 30.3 Å². The molecule has 0 fully saturated rings. The Balaban J connectivity index is 1.96. The number of carbonyl (C=O) groups is 2. The van der Waals surface area contributed by atoms with E-state index < -0.39 is 24.2 Å². The van der Waals surface area contributed by atoms with Crippen LogP contribution in [0.15, 0.2) is 77.7 Å². The Bertz CT molecular complexity index is 1150. The average Bonchev–Trinajstić information content (AvgIpc) is 2.84. The molecule has 3 aromatic carbocycles. The minimum Gasteiger partial charge on any atom is -0.507 e. The number of benzene rings is 3. The molecule has 0 aliphatic rings. The predicted molar refractivity (Wildman–Crippen MR) is 127 cm³/mol. The molecule has 33 heavy (non-hydrogen) atoms. The fourth-order valence-corrected chi connectivity index (χ4v) is 3.73. The molecular weight excluding hydrogens is 444 g/mol. The van der Waals surface area contributed by atoms with Gasteiger partial charge in [-0.2, -0.15) is 0 Å². The maximum atomic E-state index is 12.8. The molecule has 0 saturated carbocycles. The second kappa shape index (κ2) is 11.4. The summed E-state index contributed by atoms with van der Waals surface area (Å²) < 4.78 is 11.3. The van der Waals surface area contributed by atoms with E-state index in [0.717, 1.165) is 11.0 Å². The number of rotatable bonds is 8. The molecule has 0 aromatic heterocycles. The highest BCUT2D eigenvalue weighted by Crippen LogP contribution is 2.35. The second-order valence-corrected chi connectivity index (χ2v) is 7.81. The molecule has 0 unspecified atom stereocenters. The molecule has 8 nitrogen and oxygen atoms in total. The molecule has 0 spiro atoms. The van der Waals surface area contributed by atoms with Crippen LogP contribution >= 0.6 is 11.8 Å². The summed E-state index contributed by atoms with van der Waals surface area (Å²) in [6.07, 6.45) is 1.83. The number of phenolic OH excluding ortho intramolecular Hbond substituents is 1. The van der Waals surface area contributed by atoms with Gasteiger partial charge in [0.05, 0.1) is 0 Å². The molecule has 4 N–H and O–H groups in total. The van der Waals surface area contributed by atoms with Crippen molar-refractivity contribution in [2.75, 3.05) is 18.7 Å². The predicted octanol–water partition coefficient (Wildman–Crippen LogP) is 4.63. The highest BCUT2D eigenvalue weighted by molar-refractivity contribution is 7.98. The Morgan fingerprint density at radius 3 is 2.36 bits per heavy atom. The smallest absolute Gasteiger partial charge is 0.412 e. The summed E-state index contributed by atoms with van der Waals surface area (Å²) in [7, 11) is 1.41. The average molecular weight is 469 g/mol. The van der Waals surface area contributed by atoms with Gasteiger partial charge in [0, 0.05) is 34.7 Å². The first-order chi connectivity index (χ1) is 16.0. The van der Waals surface area contributed by atoms with E-state index in [1.165, 1.54) is 24.7 Å². The number of hydrogen-bond acceptors (Lipinski definition) is 7. The fourth-order valence-electron chi connectivity index (χ4n) is 3.32. The summed E-state index contributed by atoms with van der Waals surface area (Å²) in [5.74, 6) is -0.680. The lowest BCUT2D eigenvalue weighted by atomic mass is 9.96. The van der Waals surface area contributed by atoms with Crippen LogP contribution < -0.4 is 10.8 Å². The van der Waals surface area contributed by atoms with Gasteiger partial charge in [-0.3, -0.25) is 15.3 Å². The summed E-state index contributed by atoms with van der Waals surface area (Å²) in [5.41, 5.74) is 2.63. The van der Waals surface area contributed by atoms with E-state index in [2.05, 4.69) is 5.32 Å². The van der Waals surface area contributed by atoms with Crippen LogP contribution in [0, 0.1) is 0 Å². The number of phenols is 1. The van der Waals surface area contributed by atoms with Crippen LogP contribution in [0.25, 0.3) is 10.8 Å². The monoisotopic (exact) mass is 468 g/mol. The van der Waals surface area contributed by atoms with Crippen LogP contribution in [-0.4, -0.2) is 41.8 Å². The van der Waals surface area contributed by atoms with Gasteiger partial charge >= 0.3 is 6.09 Å². The number of anilines is 1. The van der Waals surface area contributed by atoms with Crippen molar-refractivity contribution in [1.82, 2.24) is 5.48 Å². The Labute approximate surface area is 195 Å². The van der Waals surface area contributed by atoms with Gasteiger partial charge < -0.3 is 14.6 Å². The lowest BCUT2D eigenvalue weighted by Crippen LogP contribution is -2.27. The largest absolute Gasteiger partial charge is 0.507 e. The lowest BCUT2D eigenvalue weighted by molar-refractivity contribution is -0.124. The molecule has 0 aliphatic carbocycles. The van der Waals surface area contributed by atoms with Crippen LogP contribution in [0.3, 0.4) is 0 Å². The number of fused-ring (bicyclic) bond motifs is 1. The van der Waals surface area contributed by atoms with E-state index in [4.69, 9.17) is 14.7 Å². The molecule has 0 heterocycles. The van der Waals surface area contributed by atoms with E-state index in [0.29, 0.717) is 22.0 Å². The second-order valence-electron chi connectivity index (χ2n) is 6.93. The summed E-state index contributed by atoms with van der Waals surface area (Å²) >= 11 is 1.58. The highest BCUT2D eigenvalue weighted by atomic mass is 32.2. The third-order valence-electron chi connectivity index (χ3n) is 4.93. The highest BCUT2D eigenvalue weighted by Gasteiger charge is 2.28. The summed E-state index contributed by atoms with van der Waals surface area (Å²) in [4.78, 5) is 25.3. The molecule has 2 amide bonds. The van der Waals surface area contributed by atoms with E-state index in [1.54, 1.807) is 54.2 Å². The number of carbonyl (C=O) groups excluding carboxylic acids is 2. The molecule has 0 bridgehead atoms. The lowest BCUT2D eigenvalue weighted by Gasteiger charge is -2.25. The van der Waals surface area contributed by atoms with E-state index in [1.807, 2.05) is 18.4 Å². The Morgan fingerprint density at radius 2 is 1.73 bits per heavy atom. The molecule has 0 radical (unpaired) electrons. The Hall–Kier alpha value is -3.53. The zero-order chi connectivity index (χ0) is 23.8. The van der Waals surface area contributed by atoms with Crippen molar-refractivity contribution in [3.63, 3.8) is 0 Å². The standard InChI is InChI=1S/C24H24N2O6S/c1-31-21(13-14-22(28)26-30)23(19-11-12-20(27)18-6-4-3-5-17(18)19)32-24(29)25-15-7-9-16(33-2)10-8-15/h3-14,21,23,27,30H,1-2H3,(H,25,29)(H,26,28)/b14-13+/t21-,23-/m1/s1. The molecule has 9 heteroatoms. The molecule has 172 valence electrons. The quantitative estimate of drug-likeness (QED) is 0.165. The summed E-state index contributed by atoms with van der Waals surface area (Å²) in [6.45, 7) is 0.